The smallest absolute Gasteiger partial charge is 0.270 e. The Morgan fingerprint density at radius 1 is 1.00 bits per heavy atom. The molecule has 1 N–H and O–H groups in total. The first-order valence-corrected chi connectivity index (χ1v) is 9.63. The van der Waals surface area contributed by atoms with E-state index in [1.54, 1.807) is 18.5 Å². The van der Waals surface area contributed by atoms with Crippen molar-refractivity contribution >= 4 is 17.5 Å². The Balaban J connectivity index is 1.41. The van der Waals surface area contributed by atoms with Gasteiger partial charge in [0.1, 0.15) is 23.2 Å². The Morgan fingerprint density at radius 3 is 2.48 bits per heavy atom. The summed E-state index contributed by atoms with van der Waals surface area (Å²) < 4.78 is 0. The maximum absolute atomic E-state index is 12.6. The number of aryl methyl sites for hydroxylation is 1. The van der Waals surface area contributed by atoms with E-state index in [9.17, 15) is 4.79 Å². The van der Waals surface area contributed by atoms with E-state index >= 15 is 0 Å². The molecule has 1 amide bonds. The molecule has 0 saturated carbocycles. The first kappa shape index (κ1) is 18.8. The molecule has 29 heavy (non-hydrogen) atoms. The number of piperazine rings is 1. The van der Waals surface area contributed by atoms with Crippen LogP contribution in [0.2, 0.25) is 0 Å². The zero-order valence-corrected chi connectivity index (χ0v) is 16.3. The number of rotatable bonds is 5. The number of nitrogens with one attached hydrogen (secondary N) is 1. The third kappa shape index (κ3) is 4.66. The number of pyridine rings is 2. The van der Waals surface area contributed by atoms with Crippen LogP contribution in [0.3, 0.4) is 0 Å². The van der Waals surface area contributed by atoms with E-state index in [1.165, 1.54) is 0 Å². The molecular formula is C21H23N7O. The highest BCUT2D eigenvalue weighted by molar-refractivity contribution is 5.92. The van der Waals surface area contributed by atoms with E-state index in [4.69, 9.17) is 0 Å². The molecule has 3 aromatic heterocycles. The third-order valence-corrected chi connectivity index (χ3v) is 4.81. The third-order valence-electron chi connectivity index (χ3n) is 4.81. The van der Waals surface area contributed by atoms with Crippen molar-refractivity contribution in [3.8, 4) is 0 Å². The summed E-state index contributed by atoms with van der Waals surface area (Å²) in [6.07, 6.45) is 5.25. The lowest BCUT2D eigenvalue weighted by atomic mass is 10.2. The first-order chi connectivity index (χ1) is 14.2. The van der Waals surface area contributed by atoms with Gasteiger partial charge < -0.3 is 15.1 Å². The molecule has 0 radical (unpaired) electrons. The Kier molecular flexibility index (Phi) is 5.60. The van der Waals surface area contributed by atoms with Gasteiger partial charge in [-0.25, -0.2) is 15.0 Å². The van der Waals surface area contributed by atoms with Gasteiger partial charge in [0.2, 0.25) is 0 Å². The van der Waals surface area contributed by atoms with Crippen LogP contribution in [0.1, 0.15) is 21.9 Å². The summed E-state index contributed by atoms with van der Waals surface area (Å²) in [6.45, 7) is 5.54. The molecule has 0 aromatic carbocycles. The van der Waals surface area contributed by atoms with Gasteiger partial charge in [-0.3, -0.25) is 9.78 Å². The number of carbonyl (C=O) groups excluding carboxylic acids is 1. The fraction of sp³-hybridized carbons (Fsp3) is 0.286. The summed E-state index contributed by atoms with van der Waals surface area (Å²) in [7, 11) is 0. The molecule has 8 nitrogen and oxygen atoms in total. The number of amides is 1. The van der Waals surface area contributed by atoms with Crippen molar-refractivity contribution in [2.24, 2.45) is 0 Å². The highest BCUT2D eigenvalue weighted by Gasteiger charge is 2.21. The molecule has 1 aliphatic heterocycles. The lowest BCUT2D eigenvalue weighted by Crippen LogP contribution is -2.47. The van der Waals surface area contributed by atoms with Gasteiger partial charge in [-0.15, -0.1) is 0 Å². The Hall–Kier alpha value is -3.55. The average Bonchev–Trinajstić information content (AvgIpc) is 2.78. The molecule has 4 rings (SSSR count). The lowest BCUT2D eigenvalue weighted by molar-refractivity contribution is 0.0945. The molecule has 0 spiro atoms. The van der Waals surface area contributed by atoms with Crippen LogP contribution in [0, 0.1) is 6.92 Å². The van der Waals surface area contributed by atoms with Crippen LogP contribution in [0.15, 0.2) is 55.0 Å². The van der Waals surface area contributed by atoms with Crippen molar-refractivity contribution in [1.82, 2.24) is 25.3 Å². The van der Waals surface area contributed by atoms with E-state index < -0.39 is 0 Å². The van der Waals surface area contributed by atoms with Crippen LogP contribution in [-0.2, 0) is 6.54 Å². The van der Waals surface area contributed by atoms with Gasteiger partial charge in [-0.2, -0.15) is 0 Å². The average molecular weight is 389 g/mol. The second-order valence-corrected chi connectivity index (χ2v) is 6.86. The van der Waals surface area contributed by atoms with Crippen molar-refractivity contribution in [3.05, 3.63) is 72.1 Å². The topological polar surface area (TPSA) is 87.1 Å². The standard InChI is InChI=1S/C21H23N7O/c1-16-25-18(21(29)24-15-17-5-4-7-22-14-17)13-20(26-16)28-11-9-27(10-12-28)19-6-2-3-8-23-19/h2-8,13-14H,9-12,15H2,1H3,(H,24,29). The minimum absolute atomic E-state index is 0.215. The molecule has 1 saturated heterocycles. The van der Waals surface area contributed by atoms with Crippen LogP contribution in [-0.4, -0.2) is 52.0 Å². The van der Waals surface area contributed by atoms with Gasteiger partial charge in [-0.1, -0.05) is 12.1 Å². The number of aromatic nitrogens is 4. The van der Waals surface area contributed by atoms with Crippen LogP contribution in [0.25, 0.3) is 0 Å². The predicted molar refractivity (Wildman–Crippen MR) is 111 cm³/mol. The second-order valence-electron chi connectivity index (χ2n) is 6.86. The monoisotopic (exact) mass is 389 g/mol. The van der Waals surface area contributed by atoms with Crippen molar-refractivity contribution in [1.29, 1.82) is 0 Å². The highest BCUT2D eigenvalue weighted by Crippen LogP contribution is 2.18. The van der Waals surface area contributed by atoms with Gasteiger partial charge in [0.15, 0.2) is 0 Å². The normalized spacial score (nSPS) is 14.0. The number of anilines is 2. The lowest BCUT2D eigenvalue weighted by Gasteiger charge is -2.36. The first-order valence-electron chi connectivity index (χ1n) is 9.63. The summed E-state index contributed by atoms with van der Waals surface area (Å²) in [5.74, 6) is 2.14. The summed E-state index contributed by atoms with van der Waals surface area (Å²) in [4.78, 5) is 34.4. The van der Waals surface area contributed by atoms with E-state index in [0.29, 0.717) is 18.1 Å². The Bertz CT molecular complexity index is 957. The predicted octanol–water partition coefficient (Wildman–Crippen LogP) is 1.83. The van der Waals surface area contributed by atoms with Gasteiger partial charge in [0, 0.05) is 57.4 Å². The van der Waals surface area contributed by atoms with Gasteiger partial charge in [0.25, 0.3) is 5.91 Å². The highest BCUT2D eigenvalue weighted by atomic mass is 16.1. The van der Waals surface area contributed by atoms with Crippen LogP contribution < -0.4 is 15.1 Å². The maximum atomic E-state index is 12.6. The molecule has 0 atom stereocenters. The molecule has 3 aromatic rings. The largest absolute Gasteiger partial charge is 0.353 e. The molecule has 4 heterocycles. The number of hydrogen-bond acceptors (Lipinski definition) is 7. The second kappa shape index (κ2) is 8.64. The van der Waals surface area contributed by atoms with Gasteiger partial charge >= 0.3 is 0 Å². The van der Waals surface area contributed by atoms with Crippen molar-refractivity contribution in [2.45, 2.75) is 13.5 Å². The van der Waals surface area contributed by atoms with Crippen LogP contribution in [0.5, 0.6) is 0 Å². The minimum atomic E-state index is -0.215. The summed E-state index contributed by atoms with van der Waals surface area (Å²) >= 11 is 0. The molecular weight excluding hydrogens is 366 g/mol. The molecule has 1 aliphatic rings. The Morgan fingerprint density at radius 2 is 1.79 bits per heavy atom. The van der Waals surface area contributed by atoms with E-state index in [2.05, 4.69) is 35.1 Å². The molecule has 148 valence electrons. The molecule has 0 unspecified atom stereocenters. The Labute approximate surface area is 169 Å². The number of hydrogen-bond donors (Lipinski definition) is 1. The fourth-order valence-electron chi connectivity index (χ4n) is 3.31. The summed E-state index contributed by atoms with van der Waals surface area (Å²) in [5, 5.41) is 2.90. The summed E-state index contributed by atoms with van der Waals surface area (Å²) in [6, 6.07) is 11.5. The maximum Gasteiger partial charge on any atom is 0.270 e. The molecule has 0 aliphatic carbocycles. The van der Waals surface area contributed by atoms with E-state index in [0.717, 1.165) is 43.4 Å². The summed E-state index contributed by atoms with van der Waals surface area (Å²) in [5.41, 5.74) is 1.32. The van der Waals surface area contributed by atoms with Crippen molar-refractivity contribution < 1.29 is 4.79 Å². The molecule has 0 bridgehead atoms. The fourth-order valence-corrected chi connectivity index (χ4v) is 3.31. The van der Waals surface area contributed by atoms with Crippen molar-refractivity contribution in [3.63, 3.8) is 0 Å². The van der Waals surface area contributed by atoms with Crippen LogP contribution >= 0.6 is 0 Å². The minimum Gasteiger partial charge on any atom is -0.353 e. The molecule has 1 fully saturated rings. The SMILES string of the molecule is Cc1nc(C(=O)NCc2cccnc2)cc(N2CCN(c3ccccn3)CC2)n1. The zero-order valence-electron chi connectivity index (χ0n) is 16.3. The van der Waals surface area contributed by atoms with E-state index in [1.807, 2.05) is 43.5 Å². The van der Waals surface area contributed by atoms with Crippen molar-refractivity contribution in [2.75, 3.05) is 36.0 Å². The zero-order chi connectivity index (χ0) is 20.1. The number of nitrogens with zero attached hydrogens (tertiary/aromatic N) is 6. The number of carbonyl (C=O) groups is 1. The van der Waals surface area contributed by atoms with Gasteiger partial charge in [-0.05, 0) is 30.7 Å². The quantitative estimate of drug-likeness (QED) is 0.712. The van der Waals surface area contributed by atoms with Crippen LogP contribution in [0.4, 0.5) is 11.6 Å². The van der Waals surface area contributed by atoms with Gasteiger partial charge in [0.05, 0.1) is 0 Å². The van der Waals surface area contributed by atoms with E-state index in [-0.39, 0.29) is 5.91 Å². The molecule has 8 heteroatoms.